The molecule has 0 aliphatic carbocycles. The van der Waals surface area contributed by atoms with Crippen LogP contribution in [0, 0.1) is 10.1 Å². The van der Waals surface area contributed by atoms with Crippen molar-refractivity contribution in [1.82, 2.24) is 4.98 Å². The van der Waals surface area contributed by atoms with Crippen LogP contribution >= 0.6 is 15.9 Å². The van der Waals surface area contributed by atoms with Gasteiger partial charge in [0, 0.05) is 18.0 Å². The van der Waals surface area contributed by atoms with Crippen LogP contribution < -0.4 is 5.32 Å². The lowest BCUT2D eigenvalue weighted by Gasteiger charge is -2.06. The van der Waals surface area contributed by atoms with Gasteiger partial charge in [-0.2, -0.15) is 0 Å². The standard InChI is InChI=1S/C11H12BrN3O2.C2H6/c1-3-9(7-8(2)12)14-11-10(15(16)17)5-4-6-13-11;1-2/h3-7H,1-2H3,(H,13,14);1-2H3/b8-7+,9-3+;. The minimum atomic E-state index is -0.465. The van der Waals surface area contributed by atoms with E-state index in [-0.39, 0.29) is 11.5 Å². The van der Waals surface area contributed by atoms with E-state index in [0.717, 1.165) is 10.2 Å². The van der Waals surface area contributed by atoms with E-state index >= 15 is 0 Å². The van der Waals surface area contributed by atoms with E-state index in [9.17, 15) is 10.1 Å². The fraction of sp³-hybridized carbons (Fsp3) is 0.308. The second kappa shape index (κ2) is 9.27. The molecule has 0 unspecified atom stereocenters. The first-order valence-electron chi connectivity index (χ1n) is 5.91. The number of rotatable bonds is 4. The Balaban J connectivity index is 0.00000154. The molecule has 0 aliphatic rings. The first-order chi connectivity index (χ1) is 9.04. The maximum atomic E-state index is 10.8. The van der Waals surface area contributed by atoms with Gasteiger partial charge in [0.2, 0.25) is 5.82 Å². The van der Waals surface area contributed by atoms with Crippen molar-refractivity contribution in [2.24, 2.45) is 0 Å². The minimum absolute atomic E-state index is 0.0486. The van der Waals surface area contributed by atoms with Crippen LogP contribution in [0.4, 0.5) is 11.5 Å². The van der Waals surface area contributed by atoms with E-state index in [1.54, 1.807) is 0 Å². The zero-order valence-electron chi connectivity index (χ0n) is 11.5. The van der Waals surface area contributed by atoms with Gasteiger partial charge >= 0.3 is 5.69 Å². The van der Waals surface area contributed by atoms with Crippen molar-refractivity contribution in [3.8, 4) is 0 Å². The molecule has 0 fully saturated rings. The zero-order valence-corrected chi connectivity index (χ0v) is 13.1. The molecule has 19 heavy (non-hydrogen) atoms. The van der Waals surface area contributed by atoms with Crippen molar-refractivity contribution in [1.29, 1.82) is 0 Å². The number of hydrogen-bond donors (Lipinski definition) is 1. The molecule has 0 amide bonds. The fourth-order valence-electron chi connectivity index (χ4n) is 1.18. The van der Waals surface area contributed by atoms with E-state index in [0.29, 0.717) is 0 Å². The lowest BCUT2D eigenvalue weighted by atomic mass is 10.3. The van der Waals surface area contributed by atoms with Crippen LogP contribution in [-0.4, -0.2) is 9.91 Å². The third kappa shape index (κ3) is 6.15. The smallest absolute Gasteiger partial charge is 0.311 e. The molecule has 1 N–H and O–H groups in total. The fourth-order valence-corrected chi connectivity index (χ4v) is 1.43. The topological polar surface area (TPSA) is 68.1 Å². The van der Waals surface area contributed by atoms with Crippen molar-refractivity contribution in [2.45, 2.75) is 27.7 Å². The van der Waals surface area contributed by atoms with Gasteiger partial charge in [0.1, 0.15) is 0 Å². The van der Waals surface area contributed by atoms with Gasteiger partial charge in [-0.3, -0.25) is 10.1 Å². The van der Waals surface area contributed by atoms with Crippen LogP contribution in [0.1, 0.15) is 27.7 Å². The number of halogens is 1. The lowest BCUT2D eigenvalue weighted by molar-refractivity contribution is -0.384. The second-order valence-corrected chi connectivity index (χ2v) is 4.48. The third-order valence-electron chi connectivity index (χ3n) is 1.91. The predicted molar refractivity (Wildman–Crippen MR) is 82.3 cm³/mol. The first-order valence-corrected chi connectivity index (χ1v) is 6.70. The Morgan fingerprint density at radius 3 is 2.63 bits per heavy atom. The van der Waals surface area contributed by atoms with E-state index in [4.69, 9.17) is 0 Å². The zero-order chi connectivity index (χ0) is 14.8. The molecule has 0 radical (unpaired) electrons. The molecular formula is C13H18BrN3O2. The molecule has 0 aliphatic heterocycles. The highest BCUT2D eigenvalue weighted by Crippen LogP contribution is 2.22. The van der Waals surface area contributed by atoms with Gasteiger partial charge in [0.15, 0.2) is 0 Å². The Hall–Kier alpha value is -1.69. The summed E-state index contributed by atoms with van der Waals surface area (Å²) in [5, 5.41) is 13.7. The van der Waals surface area contributed by atoms with Crippen molar-refractivity contribution in [2.75, 3.05) is 5.32 Å². The molecule has 0 saturated carbocycles. The molecular weight excluding hydrogens is 310 g/mol. The summed E-state index contributed by atoms with van der Waals surface area (Å²) in [6.45, 7) is 7.71. The van der Waals surface area contributed by atoms with Gasteiger partial charge < -0.3 is 5.32 Å². The number of aromatic nitrogens is 1. The van der Waals surface area contributed by atoms with Crippen molar-refractivity contribution >= 4 is 27.4 Å². The van der Waals surface area contributed by atoms with Crippen molar-refractivity contribution in [3.05, 3.63) is 50.8 Å². The molecule has 104 valence electrons. The van der Waals surface area contributed by atoms with E-state index < -0.39 is 4.92 Å². The average Bonchev–Trinajstić information content (AvgIpc) is 2.40. The monoisotopic (exact) mass is 327 g/mol. The van der Waals surface area contributed by atoms with Crippen molar-refractivity contribution < 1.29 is 4.92 Å². The molecule has 1 heterocycles. The van der Waals surface area contributed by atoms with Gasteiger partial charge in [-0.05, 0) is 30.5 Å². The van der Waals surface area contributed by atoms with Crippen molar-refractivity contribution in [3.63, 3.8) is 0 Å². The number of allylic oxidation sites excluding steroid dienone is 3. The Kier molecular flexibility index (Phi) is 8.44. The van der Waals surface area contributed by atoms with Crippen LogP contribution in [0.5, 0.6) is 0 Å². The molecule has 0 spiro atoms. The highest BCUT2D eigenvalue weighted by Gasteiger charge is 2.13. The summed E-state index contributed by atoms with van der Waals surface area (Å²) in [4.78, 5) is 14.3. The quantitative estimate of drug-likeness (QED) is 0.497. The predicted octanol–water partition coefficient (Wildman–Crippen LogP) is 4.63. The Morgan fingerprint density at radius 2 is 2.16 bits per heavy atom. The normalized spacial score (nSPS) is 11.4. The molecule has 0 atom stereocenters. The highest BCUT2D eigenvalue weighted by atomic mass is 79.9. The van der Waals surface area contributed by atoms with Gasteiger partial charge in [0.05, 0.1) is 4.92 Å². The van der Waals surface area contributed by atoms with Gasteiger partial charge in [-0.1, -0.05) is 35.9 Å². The van der Waals surface area contributed by atoms with E-state index in [1.807, 2.05) is 39.8 Å². The van der Waals surface area contributed by atoms with E-state index in [2.05, 4.69) is 26.2 Å². The summed E-state index contributed by atoms with van der Waals surface area (Å²) in [5.74, 6) is 0.232. The number of nitro groups is 1. The van der Waals surface area contributed by atoms with Gasteiger partial charge in [-0.15, -0.1) is 0 Å². The molecule has 0 aromatic carbocycles. The number of anilines is 1. The Labute approximate surface area is 121 Å². The average molecular weight is 328 g/mol. The Bertz CT molecular complexity index is 481. The summed E-state index contributed by atoms with van der Waals surface area (Å²) in [7, 11) is 0. The number of pyridine rings is 1. The number of hydrogen-bond acceptors (Lipinski definition) is 4. The molecule has 1 rings (SSSR count). The summed E-state index contributed by atoms with van der Waals surface area (Å²) < 4.78 is 0.914. The molecule has 5 nitrogen and oxygen atoms in total. The molecule has 1 aromatic rings. The summed E-state index contributed by atoms with van der Waals surface area (Å²) in [6.07, 6.45) is 5.13. The summed E-state index contributed by atoms with van der Waals surface area (Å²) in [6, 6.07) is 2.94. The minimum Gasteiger partial charge on any atom is -0.335 e. The second-order valence-electron chi connectivity index (χ2n) is 3.23. The van der Waals surface area contributed by atoms with Crippen LogP contribution in [-0.2, 0) is 0 Å². The van der Waals surface area contributed by atoms with Crippen LogP contribution in [0.15, 0.2) is 40.7 Å². The molecule has 0 saturated heterocycles. The van der Waals surface area contributed by atoms with Gasteiger partial charge in [0.25, 0.3) is 0 Å². The van der Waals surface area contributed by atoms with Crippen LogP contribution in [0.3, 0.4) is 0 Å². The highest BCUT2D eigenvalue weighted by molar-refractivity contribution is 9.11. The molecule has 1 aromatic heterocycles. The van der Waals surface area contributed by atoms with Crippen LogP contribution in [0.2, 0.25) is 0 Å². The maximum absolute atomic E-state index is 10.8. The van der Waals surface area contributed by atoms with E-state index in [1.165, 1.54) is 18.3 Å². The van der Waals surface area contributed by atoms with Crippen LogP contribution in [0.25, 0.3) is 0 Å². The first kappa shape index (κ1) is 17.3. The lowest BCUT2D eigenvalue weighted by Crippen LogP contribution is -2.02. The molecule has 0 bridgehead atoms. The van der Waals surface area contributed by atoms with Gasteiger partial charge in [-0.25, -0.2) is 4.98 Å². The maximum Gasteiger partial charge on any atom is 0.311 e. The molecule has 6 heteroatoms. The summed E-state index contributed by atoms with van der Waals surface area (Å²) in [5.41, 5.74) is 0.689. The Morgan fingerprint density at radius 1 is 1.53 bits per heavy atom. The SMILES string of the molecule is C/C=C(\C=C(/C)Br)Nc1ncccc1[N+](=O)[O-].CC. The number of nitrogens with zero attached hydrogens (tertiary/aromatic N) is 2. The third-order valence-corrected chi connectivity index (χ3v) is 2.14. The summed E-state index contributed by atoms with van der Waals surface area (Å²) >= 11 is 3.30. The number of nitrogens with one attached hydrogen (secondary N) is 1. The largest absolute Gasteiger partial charge is 0.335 e.